The number of halogens is 1. The molecule has 0 fully saturated rings. The minimum atomic E-state index is 0.452. The Kier molecular flexibility index (Phi) is 2.99. The summed E-state index contributed by atoms with van der Waals surface area (Å²) in [6.45, 7) is 0. The van der Waals surface area contributed by atoms with Crippen molar-refractivity contribution >= 4 is 17.2 Å². The third kappa shape index (κ3) is 1.97. The molecule has 0 N–H and O–H groups in total. The number of alkyl halides is 1. The van der Waals surface area contributed by atoms with Crippen molar-refractivity contribution in [2.24, 2.45) is 0 Å². The van der Waals surface area contributed by atoms with Crippen LogP contribution in [0.2, 0.25) is 0 Å². The molecule has 0 saturated heterocycles. The lowest BCUT2D eigenvalue weighted by atomic mass is 10.1. The third-order valence-corrected chi connectivity index (χ3v) is 3.22. The second-order valence-corrected chi connectivity index (χ2v) is 4.41. The van der Waals surface area contributed by atoms with Crippen molar-refractivity contribution in [3.63, 3.8) is 0 Å². The van der Waals surface area contributed by atoms with E-state index in [1.165, 1.54) is 5.56 Å². The molecule has 0 aliphatic carbocycles. The number of hydrogen-bond acceptors (Lipinski definition) is 2. The predicted octanol–water partition coefficient (Wildman–Crippen LogP) is 3.06. The Hall–Kier alpha value is -1.87. The van der Waals surface area contributed by atoms with Crippen molar-refractivity contribution in [3.05, 3.63) is 65.6 Å². The molecular formula is C14H12ClN3. The summed E-state index contributed by atoms with van der Waals surface area (Å²) in [4.78, 5) is 0. The van der Waals surface area contributed by atoms with Crippen LogP contribution in [-0.2, 0) is 12.3 Å². The van der Waals surface area contributed by atoms with Crippen LogP contribution in [0.25, 0.3) is 5.65 Å². The van der Waals surface area contributed by atoms with Gasteiger partial charge in [0.1, 0.15) is 5.82 Å². The maximum atomic E-state index is 5.89. The fraction of sp³-hybridized carbons (Fsp3) is 0.143. The first-order valence-corrected chi connectivity index (χ1v) is 6.33. The molecule has 3 aromatic rings. The van der Waals surface area contributed by atoms with Crippen LogP contribution in [0.15, 0.2) is 48.7 Å². The summed E-state index contributed by atoms with van der Waals surface area (Å²) in [6.07, 6.45) is 2.75. The summed E-state index contributed by atoms with van der Waals surface area (Å²) in [6, 6.07) is 14.2. The van der Waals surface area contributed by atoms with Gasteiger partial charge in [-0.3, -0.25) is 4.40 Å². The van der Waals surface area contributed by atoms with Crippen LogP contribution in [-0.4, -0.2) is 14.6 Å². The highest BCUT2D eigenvalue weighted by atomic mass is 35.5. The van der Waals surface area contributed by atoms with E-state index in [-0.39, 0.29) is 0 Å². The van der Waals surface area contributed by atoms with Crippen molar-refractivity contribution in [1.29, 1.82) is 0 Å². The summed E-state index contributed by atoms with van der Waals surface area (Å²) in [5.41, 5.74) is 3.08. The molecule has 0 aliphatic rings. The second kappa shape index (κ2) is 4.78. The van der Waals surface area contributed by atoms with Gasteiger partial charge in [-0.25, -0.2) is 0 Å². The molecule has 18 heavy (non-hydrogen) atoms. The molecule has 3 nitrogen and oxygen atoms in total. The molecular weight excluding hydrogens is 246 g/mol. The van der Waals surface area contributed by atoms with E-state index in [9.17, 15) is 0 Å². The Morgan fingerprint density at radius 3 is 2.61 bits per heavy atom. The molecule has 0 unspecified atom stereocenters. The molecule has 0 aliphatic heterocycles. The van der Waals surface area contributed by atoms with Crippen LogP contribution in [0.3, 0.4) is 0 Å². The summed E-state index contributed by atoms with van der Waals surface area (Å²) in [7, 11) is 0. The quantitative estimate of drug-likeness (QED) is 0.675. The highest BCUT2D eigenvalue weighted by molar-refractivity contribution is 6.17. The molecule has 3 rings (SSSR count). The van der Waals surface area contributed by atoms with Gasteiger partial charge in [-0.1, -0.05) is 36.4 Å². The number of pyridine rings is 1. The predicted molar refractivity (Wildman–Crippen MR) is 71.8 cm³/mol. The molecule has 0 saturated carbocycles. The SMILES string of the molecule is ClCc1cccn2c(Cc3ccccc3)nnc12. The van der Waals surface area contributed by atoms with Crippen LogP contribution in [0, 0.1) is 0 Å². The number of fused-ring (bicyclic) bond motifs is 1. The second-order valence-electron chi connectivity index (χ2n) is 4.14. The largest absolute Gasteiger partial charge is 0.286 e. The molecule has 0 atom stereocenters. The number of hydrogen-bond donors (Lipinski definition) is 0. The number of rotatable bonds is 3. The molecule has 1 aromatic carbocycles. The highest BCUT2D eigenvalue weighted by Crippen LogP contribution is 2.14. The molecule has 0 radical (unpaired) electrons. The van der Waals surface area contributed by atoms with Gasteiger partial charge in [-0.15, -0.1) is 21.8 Å². The maximum absolute atomic E-state index is 5.89. The zero-order valence-electron chi connectivity index (χ0n) is 9.75. The van der Waals surface area contributed by atoms with Gasteiger partial charge in [0.05, 0.1) is 5.88 Å². The highest BCUT2D eigenvalue weighted by Gasteiger charge is 2.08. The van der Waals surface area contributed by atoms with Crippen LogP contribution in [0.4, 0.5) is 0 Å². The van der Waals surface area contributed by atoms with E-state index in [0.717, 1.165) is 23.5 Å². The zero-order valence-corrected chi connectivity index (χ0v) is 10.5. The number of nitrogens with zero attached hydrogens (tertiary/aromatic N) is 3. The lowest BCUT2D eigenvalue weighted by Crippen LogP contribution is -1.97. The Morgan fingerprint density at radius 1 is 1.00 bits per heavy atom. The Labute approximate surface area is 110 Å². The van der Waals surface area contributed by atoms with E-state index >= 15 is 0 Å². The van der Waals surface area contributed by atoms with Crippen LogP contribution in [0.1, 0.15) is 17.0 Å². The average Bonchev–Trinajstić information content (AvgIpc) is 2.83. The van der Waals surface area contributed by atoms with Crippen LogP contribution >= 0.6 is 11.6 Å². The van der Waals surface area contributed by atoms with Crippen LogP contribution < -0.4 is 0 Å². The van der Waals surface area contributed by atoms with E-state index in [1.807, 2.05) is 40.9 Å². The minimum absolute atomic E-state index is 0.452. The van der Waals surface area contributed by atoms with Gasteiger partial charge in [0.15, 0.2) is 5.65 Å². The summed E-state index contributed by atoms with van der Waals surface area (Å²) in [5, 5.41) is 8.47. The summed E-state index contributed by atoms with van der Waals surface area (Å²) in [5.74, 6) is 1.39. The van der Waals surface area contributed by atoms with E-state index in [4.69, 9.17) is 11.6 Å². The standard InChI is InChI=1S/C14H12ClN3/c15-10-12-7-4-8-18-13(16-17-14(12)18)9-11-5-2-1-3-6-11/h1-8H,9-10H2. The van der Waals surface area contributed by atoms with Crippen molar-refractivity contribution < 1.29 is 0 Å². The average molecular weight is 258 g/mol. The smallest absolute Gasteiger partial charge is 0.165 e. The van der Waals surface area contributed by atoms with E-state index < -0.39 is 0 Å². The zero-order chi connectivity index (χ0) is 12.4. The maximum Gasteiger partial charge on any atom is 0.165 e. The van der Waals surface area contributed by atoms with E-state index in [1.54, 1.807) is 0 Å². The first kappa shape index (κ1) is 11.2. The normalized spacial score (nSPS) is 10.9. The third-order valence-electron chi connectivity index (χ3n) is 2.94. The number of benzene rings is 1. The van der Waals surface area contributed by atoms with E-state index in [2.05, 4.69) is 22.3 Å². The van der Waals surface area contributed by atoms with Gasteiger partial charge in [-0.05, 0) is 11.6 Å². The first-order valence-electron chi connectivity index (χ1n) is 5.80. The monoisotopic (exact) mass is 257 g/mol. The molecule has 0 amide bonds. The summed E-state index contributed by atoms with van der Waals surface area (Å²) >= 11 is 5.89. The van der Waals surface area contributed by atoms with Crippen molar-refractivity contribution in [3.8, 4) is 0 Å². The molecule has 2 heterocycles. The lowest BCUT2D eigenvalue weighted by Gasteiger charge is -2.02. The molecule has 0 spiro atoms. The van der Waals surface area contributed by atoms with Crippen LogP contribution in [0.5, 0.6) is 0 Å². The van der Waals surface area contributed by atoms with Gasteiger partial charge in [0, 0.05) is 18.2 Å². The van der Waals surface area contributed by atoms with E-state index in [0.29, 0.717) is 5.88 Å². The van der Waals surface area contributed by atoms with Gasteiger partial charge >= 0.3 is 0 Å². The van der Waals surface area contributed by atoms with Gasteiger partial charge < -0.3 is 0 Å². The van der Waals surface area contributed by atoms with Gasteiger partial charge in [0.25, 0.3) is 0 Å². The molecule has 4 heteroatoms. The lowest BCUT2D eigenvalue weighted by molar-refractivity contribution is 0.934. The first-order chi connectivity index (χ1) is 8.88. The Morgan fingerprint density at radius 2 is 1.83 bits per heavy atom. The van der Waals surface area contributed by atoms with Crippen molar-refractivity contribution in [2.75, 3.05) is 0 Å². The molecule has 0 bridgehead atoms. The fourth-order valence-electron chi connectivity index (χ4n) is 2.02. The Balaban J connectivity index is 2.03. The fourth-order valence-corrected chi connectivity index (χ4v) is 2.23. The molecule has 2 aromatic heterocycles. The van der Waals surface area contributed by atoms with Gasteiger partial charge in [-0.2, -0.15) is 0 Å². The van der Waals surface area contributed by atoms with Crippen molar-refractivity contribution in [1.82, 2.24) is 14.6 Å². The number of aromatic nitrogens is 3. The topological polar surface area (TPSA) is 30.2 Å². The Bertz CT molecular complexity index is 661. The molecule has 90 valence electrons. The minimum Gasteiger partial charge on any atom is -0.286 e. The van der Waals surface area contributed by atoms with Crippen molar-refractivity contribution in [2.45, 2.75) is 12.3 Å². The van der Waals surface area contributed by atoms with Gasteiger partial charge in [0.2, 0.25) is 0 Å². The summed E-state index contributed by atoms with van der Waals surface area (Å²) < 4.78 is 2.00.